The Morgan fingerprint density at radius 2 is 2.10 bits per heavy atom. The first-order valence-electron chi connectivity index (χ1n) is 7.81. The van der Waals surface area contributed by atoms with Crippen LogP contribution in [-0.2, 0) is 6.42 Å². The standard InChI is InChI=1S/C18H25NO/c1-12-9-13(2)11-15(10-12)18(20)17-16-6-4-3-5-14(16)7-8-19-17/h3-6,9,12,15,17-20H,7-8,10-11H2,1-2H3. The SMILES string of the molecule is CC1=CC(C)CC(C(O)C2NCCc3ccccc32)C1. The Bertz CT molecular complexity index is 508. The van der Waals surface area contributed by atoms with Crippen LogP contribution in [0.15, 0.2) is 35.9 Å². The zero-order chi connectivity index (χ0) is 14.1. The summed E-state index contributed by atoms with van der Waals surface area (Å²) in [6.07, 6.45) is 5.26. The van der Waals surface area contributed by atoms with Gasteiger partial charge in [0.15, 0.2) is 0 Å². The van der Waals surface area contributed by atoms with Crippen LogP contribution < -0.4 is 5.32 Å². The van der Waals surface area contributed by atoms with Gasteiger partial charge in [0.1, 0.15) is 0 Å². The van der Waals surface area contributed by atoms with E-state index in [9.17, 15) is 5.11 Å². The van der Waals surface area contributed by atoms with Gasteiger partial charge in [0.2, 0.25) is 0 Å². The van der Waals surface area contributed by atoms with Gasteiger partial charge >= 0.3 is 0 Å². The van der Waals surface area contributed by atoms with Gasteiger partial charge in [0, 0.05) is 0 Å². The minimum Gasteiger partial charge on any atom is -0.391 e. The van der Waals surface area contributed by atoms with Crippen molar-refractivity contribution in [2.24, 2.45) is 11.8 Å². The fraction of sp³-hybridized carbons (Fsp3) is 0.556. The summed E-state index contributed by atoms with van der Waals surface area (Å²) in [6.45, 7) is 5.41. The molecule has 1 aliphatic carbocycles. The van der Waals surface area contributed by atoms with Gasteiger partial charge in [-0.3, -0.25) is 0 Å². The molecular formula is C18H25NO. The highest BCUT2D eigenvalue weighted by atomic mass is 16.3. The van der Waals surface area contributed by atoms with Crippen molar-refractivity contribution in [2.45, 2.75) is 45.3 Å². The predicted molar refractivity (Wildman–Crippen MR) is 82.5 cm³/mol. The van der Waals surface area contributed by atoms with E-state index in [4.69, 9.17) is 0 Å². The van der Waals surface area contributed by atoms with Gasteiger partial charge in [-0.2, -0.15) is 0 Å². The first-order chi connectivity index (χ1) is 9.65. The average Bonchev–Trinajstić information content (AvgIpc) is 2.45. The third-order valence-electron chi connectivity index (χ3n) is 4.80. The molecule has 0 amide bonds. The summed E-state index contributed by atoms with van der Waals surface area (Å²) in [5.41, 5.74) is 4.12. The second-order valence-corrected chi connectivity index (χ2v) is 6.56. The maximum absolute atomic E-state index is 10.9. The summed E-state index contributed by atoms with van der Waals surface area (Å²) < 4.78 is 0. The van der Waals surface area contributed by atoms with E-state index in [0.717, 1.165) is 25.8 Å². The molecule has 1 aromatic carbocycles. The largest absolute Gasteiger partial charge is 0.391 e. The van der Waals surface area contributed by atoms with Crippen molar-refractivity contribution in [1.82, 2.24) is 5.32 Å². The lowest BCUT2D eigenvalue weighted by Crippen LogP contribution is -2.42. The van der Waals surface area contributed by atoms with E-state index < -0.39 is 0 Å². The Hall–Kier alpha value is -1.12. The molecule has 0 aromatic heterocycles. The van der Waals surface area contributed by atoms with Crippen molar-refractivity contribution in [1.29, 1.82) is 0 Å². The minimum absolute atomic E-state index is 0.100. The van der Waals surface area contributed by atoms with Crippen LogP contribution in [0.25, 0.3) is 0 Å². The summed E-state index contributed by atoms with van der Waals surface area (Å²) in [5.74, 6) is 0.959. The van der Waals surface area contributed by atoms with Gasteiger partial charge in [-0.25, -0.2) is 0 Å². The normalized spacial score (nSPS) is 31.4. The molecule has 4 atom stereocenters. The van der Waals surface area contributed by atoms with E-state index in [2.05, 4.69) is 49.5 Å². The molecule has 0 saturated carbocycles. The molecule has 0 fully saturated rings. The Balaban J connectivity index is 1.82. The predicted octanol–water partition coefficient (Wildman–Crippen LogP) is 3.23. The molecule has 2 aliphatic rings. The van der Waals surface area contributed by atoms with Gasteiger partial charge < -0.3 is 10.4 Å². The number of nitrogens with one attached hydrogen (secondary N) is 1. The van der Waals surface area contributed by atoms with Crippen molar-refractivity contribution in [3.63, 3.8) is 0 Å². The molecule has 3 rings (SSSR count). The number of allylic oxidation sites excluding steroid dienone is 2. The fourth-order valence-electron chi connectivity index (χ4n) is 3.97. The Morgan fingerprint density at radius 3 is 2.90 bits per heavy atom. The molecule has 1 aliphatic heterocycles. The lowest BCUT2D eigenvalue weighted by Gasteiger charge is -2.37. The van der Waals surface area contributed by atoms with E-state index in [1.54, 1.807) is 0 Å². The fourth-order valence-corrected chi connectivity index (χ4v) is 3.97. The van der Waals surface area contributed by atoms with Crippen LogP contribution >= 0.6 is 0 Å². The molecule has 4 unspecified atom stereocenters. The maximum Gasteiger partial charge on any atom is 0.0766 e. The Kier molecular flexibility index (Phi) is 3.95. The van der Waals surface area contributed by atoms with Crippen molar-refractivity contribution >= 4 is 0 Å². The molecule has 2 nitrogen and oxygen atoms in total. The first kappa shape index (κ1) is 13.8. The van der Waals surface area contributed by atoms with Crippen LogP contribution in [0.3, 0.4) is 0 Å². The Labute approximate surface area is 121 Å². The molecule has 0 saturated heterocycles. The monoisotopic (exact) mass is 271 g/mol. The smallest absolute Gasteiger partial charge is 0.0766 e. The van der Waals surface area contributed by atoms with E-state index in [-0.39, 0.29) is 12.1 Å². The summed E-state index contributed by atoms with van der Waals surface area (Å²) in [4.78, 5) is 0. The van der Waals surface area contributed by atoms with Gasteiger partial charge in [-0.15, -0.1) is 0 Å². The van der Waals surface area contributed by atoms with Crippen LogP contribution in [-0.4, -0.2) is 17.8 Å². The van der Waals surface area contributed by atoms with E-state index in [0.29, 0.717) is 11.8 Å². The molecule has 0 bridgehead atoms. The Morgan fingerprint density at radius 1 is 1.30 bits per heavy atom. The van der Waals surface area contributed by atoms with Crippen molar-refractivity contribution in [3.8, 4) is 0 Å². The molecule has 1 heterocycles. The highest BCUT2D eigenvalue weighted by Crippen LogP contribution is 2.36. The second kappa shape index (κ2) is 5.71. The van der Waals surface area contributed by atoms with Gasteiger partial charge in [0.25, 0.3) is 0 Å². The number of aliphatic hydroxyl groups excluding tert-OH is 1. The molecule has 1 aromatic rings. The van der Waals surface area contributed by atoms with Crippen LogP contribution in [0.5, 0.6) is 0 Å². The van der Waals surface area contributed by atoms with Crippen LogP contribution in [0.1, 0.15) is 43.9 Å². The summed E-state index contributed by atoms with van der Waals surface area (Å²) in [7, 11) is 0. The third-order valence-corrected chi connectivity index (χ3v) is 4.80. The zero-order valence-corrected chi connectivity index (χ0v) is 12.5. The molecule has 2 N–H and O–H groups in total. The molecule has 108 valence electrons. The van der Waals surface area contributed by atoms with Crippen LogP contribution in [0.2, 0.25) is 0 Å². The van der Waals surface area contributed by atoms with Crippen LogP contribution in [0, 0.1) is 11.8 Å². The third kappa shape index (κ3) is 2.68. The zero-order valence-electron chi connectivity index (χ0n) is 12.5. The van der Waals surface area contributed by atoms with Crippen molar-refractivity contribution in [2.75, 3.05) is 6.54 Å². The lowest BCUT2D eigenvalue weighted by atomic mass is 9.76. The van der Waals surface area contributed by atoms with Gasteiger partial charge in [-0.1, -0.05) is 42.8 Å². The molecule has 20 heavy (non-hydrogen) atoms. The number of fused-ring (bicyclic) bond motifs is 1. The number of hydrogen-bond acceptors (Lipinski definition) is 2. The summed E-state index contributed by atoms with van der Waals surface area (Å²) in [6, 6.07) is 8.65. The second-order valence-electron chi connectivity index (χ2n) is 6.56. The number of benzene rings is 1. The lowest BCUT2D eigenvalue weighted by molar-refractivity contribution is 0.0541. The minimum atomic E-state index is -0.289. The average molecular weight is 271 g/mol. The maximum atomic E-state index is 10.9. The molecule has 0 radical (unpaired) electrons. The number of aliphatic hydroxyl groups is 1. The van der Waals surface area contributed by atoms with Crippen molar-refractivity contribution < 1.29 is 5.11 Å². The van der Waals surface area contributed by atoms with E-state index in [1.165, 1.54) is 16.7 Å². The topological polar surface area (TPSA) is 32.3 Å². The van der Waals surface area contributed by atoms with Crippen LogP contribution in [0.4, 0.5) is 0 Å². The molecule has 2 heteroatoms. The number of rotatable bonds is 2. The first-order valence-corrected chi connectivity index (χ1v) is 7.81. The summed E-state index contributed by atoms with van der Waals surface area (Å²) in [5, 5.41) is 14.4. The highest BCUT2D eigenvalue weighted by molar-refractivity contribution is 5.33. The van der Waals surface area contributed by atoms with E-state index >= 15 is 0 Å². The molecular weight excluding hydrogens is 246 g/mol. The van der Waals surface area contributed by atoms with Crippen molar-refractivity contribution in [3.05, 3.63) is 47.0 Å². The van der Waals surface area contributed by atoms with Gasteiger partial charge in [0.05, 0.1) is 12.1 Å². The highest BCUT2D eigenvalue weighted by Gasteiger charge is 2.33. The quantitative estimate of drug-likeness (QED) is 0.809. The summed E-state index contributed by atoms with van der Waals surface area (Å²) >= 11 is 0. The number of hydrogen-bond donors (Lipinski definition) is 2. The van der Waals surface area contributed by atoms with Gasteiger partial charge in [-0.05, 0) is 55.7 Å². The van der Waals surface area contributed by atoms with E-state index in [1.807, 2.05) is 0 Å². The molecule has 0 spiro atoms.